The molecule has 3 rings (SSSR count). The van der Waals surface area contributed by atoms with Crippen molar-refractivity contribution in [2.45, 2.75) is 24.7 Å². The van der Waals surface area contributed by atoms with E-state index in [-0.39, 0.29) is 36.7 Å². The first-order chi connectivity index (χ1) is 9.98. The lowest BCUT2D eigenvalue weighted by Gasteiger charge is -2.27. The molecular weight excluding hydrogens is 272 g/mol. The summed E-state index contributed by atoms with van der Waals surface area (Å²) in [5, 5.41) is 11.2. The Labute approximate surface area is 121 Å². The van der Waals surface area contributed by atoms with Crippen LogP contribution in [0.1, 0.15) is 24.8 Å². The van der Waals surface area contributed by atoms with Crippen molar-refractivity contribution < 1.29 is 19.5 Å². The van der Waals surface area contributed by atoms with Gasteiger partial charge in [0, 0.05) is 11.1 Å². The second-order valence-electron chi connectivity index (χ2n) is 5.73. The average molecular weight is 288 g/mol. The van der Waals surface area contributed by atoms with Crippen LogP contribution >= 0.6 is 0 Å². The molecule has 6 nitrogen and oxygen atoms in total. The number of amides is 2. The predicted octanol–water partition coefficient (Wildman–Crippen LogP) is 0.656. The maximum absolute atomic E-state index is 11.4. The van der Waals surface area contributed by atoms with Crippen LogP contribution in [-0.4, -0.2) is 36.0 Å². The lowest BCUT2D eigenvalue weighted by Crippen LogP contribution is -2.51. The smallest absolute Gasteiger partial charge is 0.304 e. The average Bonchev–Trinajstić information content (AvgIpc) is 3.18. The van der Waals surface area contributed by atoms with Crippen molar-refractivity contribution in [3.8, 4) is 0 Å². The van der Waals surface area contributed by atoms with Crippen molar-refractivity contribution in [3.63, 3.8) is 0 Å². The number of piperazine rings is 1. The van der Waals surface area contributed by atoms with Gasteiger partial charge in [-0.2, -0.15) is 0 Å². The summed E-state index contributed by atoms with van der Waals surface area (Å²) >= 11 is 0. The largest absolute Gasteiger partial charge is 0.481 e. The quantitative estimate of drug-likeness (QED) is 0.795. The van der Waals surface area contributed by atoms with Gasteiger partial charge >= 0.3 is 5.97 Å². The van der Waals surface area contributed by atoms with Gasteiger partial charge < -0.3 is 10.0 Å². The Morgan fingerprint density at radius 3 is 2.19 bits per heavy atom. The van der Waals surface area contributed by atoms with Crippen LogP contribution in [0.3, 0.4) is 0 Å². The Kier molecular flexibility index (Phi) is 3.16. The van der Waals surface area contributed by atoms with Crippen molar-refractivity contribution in [1.82, 2.24) is 5.32 Å². The number of hydrogen-bond acceptors (Lipinski definition) is 4. The maximum atomic E-state index is 11.4. The Hall–Kier alpha value is -2.37. The first kappa shape index (κ1) is 13.6. The molecule has 2 N–H and O–H groups in total. The van der Waals surface area contributed by atoms with Crippen molar-refractivity contribution in [1.29, 1.82) is 0 Å². The van der Waals surface area contributed by atoms with Gasteiger partial charge in [0.2, 0.25) is 11.8 Å². The van der Waals surface area contributed by atoms with Crippen molar-refractivity contribution in [3.05, 3.63) is 29.8 Å². The van der Waals surface area contributed by atoms with E-state index in [0.29, 0.717) is 0 Å². The highest BCUT2D eigenvalue weighted by Crippen LogP contribution is 2.51. The zero-order valence-electron chi connectivity index (χ0n) is 11.5. The van der Waals surface area contributed by atoms with Crippen molar-refractivity contribution in [2.24, 2.45) is 0 Å². The van der Waals surface area contributed by atoms with Crippen molar-refractivity contribution in [2.75, 3.05) is 18.0 Å². The minimum absolute atomic E-state index is 0.150. The second kappa shape index (κ2) is 4.87. The van der Waals surface area contributed by atoms with Crippen LogP contribution in [0, 0.1) is 0 Å². The molecule has 0 atom stereocenters. The molecule has 0 radical (unpaired) electrons. The molecule has 1 saturated carbocycles. The number of carbonyl (C=O) groups excluding carboxylic acids is 2. The molecular formula is C15H16N2O4. The van der Waals surface area contributed by atoms with E-state index in [0.717, 1.165) is 24.1 Å². The fraction of sp³-hybridized carbons (Fsp3) is 0.400. The summed E-state index contributed by atoms with van der Waals surface area (Å²) < 4.78 is 0. The van der Waals surface area contributed by atoms with Crippen LogP contribution in [0.15, 0.2) is 24.3 Å². The molecule has 1 aliphatic carbocycles. The molecule has 0 unspecified atom stereocenters. The van der Waals surface area contributed by atoms with Crippen LogP contribution in [0.2, 0.25) is 0 Å². The minimum Gasteiger partial charge on any atom is -0.481 e. The van der Waals surface area contributed by atoms with E-state index in [2.05, 4.69) is 5.32 Å². The molecule has 2 amide bonds. The number of carboxylic acids is 1. The number of benzene rings is 1. The Bertz CT molecular complexity index is 589. The van der Waals surface area contributed by atoms with Crippen LogP contribution in [-0.2, 0) is 19.8 Å². The highest BCUT2D eigenvalue weighted by Gasteiger charge is 2.45. The third-order valence-electron chi connectivity index (χ3n) is 4.14. The molecule has 1 aliphatic heterocycles. The van der Waals surface area contributed by atoms with Crippen LogP contribution in [0.4, 0.5) is 5.69 Å². The van der Waals surface area contributed by atoms with Crippen molar-refractivity contribution >= 4 is 23.5 Å². The summed E-state index contributed by atoms with van der Waals surface area (Å²) in [5.74, 6) is -1.39. The fourth-order valence-corrected chi connectivity index (χ4v) is 2.85. The van der Waals surface area contributed by atoms with E-state index in [1.54, 1.807) is 4.90 Å². The molecule has 1 saturated heterocycles. The molecule has 1 aromatic rings. The van der Waals surface area contributed by atoms with Crippen LogP contribution in [0.5, 0.6) is 0 Å². The van der Waals surface area contributed by atoms with Gasteiger partial charge in [0.25, 0.3) is 0 Å². The number of rotatable bonds is 4. The summed E-state index contributed by atoms with van der Waals surface area (Å²) in [6.45, 7) is 0.316. The van der Waals surface area contributed by atoms with Crippen LogP contribution in [0.25, 0.3) is 0 Å². The summed E-state index contributed by atoms with van der Waals surface area (Å²) in [4.78, 5) is 35.4. The van der Waals surface area contributed by atoms with E-state index in [9.17, 15) is 14.4 Å². The number of carbonyl (C=O) groups is 3. The molecule has 110 valence electrons. The number of hydrogen-bond donors (Lipinski definition) is 2. The standard InChI is InChI=1S/C15H16N2O4/c18-12-8-17(9-13(19)16-12)11-3-1-10(2-4-11)15(5-6-15)7-14(20)21/h1-4H,5-9H2,(H,20,21)(H,16,18,19). The Morgan fingerprint density at radius 2 is 1.71 bits per heavy atom. The van der Waals surface area contributed by atoms with Gasteiger partial charge in [0.1, 0.15) is 0 Å². The first-order valence-electron chi connectivity index (χ1n) is 6.88. The molecule has 1 heterocycles. The second-order valence-corrected chi connectivity index (χ2v) is 5.73. The highest BCUT2D eigenvalue weighted by molar-refractivity contribution is 6.02. The summed E-state index contributed by atoms with van der Waals surface area (Å²) in [7, 11) is 0. The molecule has 1 aromatic carbocycles. The minimum atomic E-state index is -0.783. The van der Waals surface area contributed by atoms with E-state index in [1.807, 2.05) is 24.3 Å². The summed E-state index contributed by atoms with van der Waals surface area (Å²) in [6.07, 6.45) is 1.93. The monoisotopic (exact) mass is 288 g/mol. The molecule has 0 spiro atoms. The summed E-state index contributed by atoms with van der Waals surface area (Å²) in [5.41, 5.74) is 1.59. The van der Waals surface area contributed by atoms with Gasteiger partial charge in [0.05, 0.1) is 19.5 Å². The van der Waals surface area contributed by atoms with Crippen LogP contribution < -0.4 is 10.2 Å². The Balaban J connectivity index is 1.77. The number of imide groups is 1. The lowest BCUT2D eigenvalue weighted by atomic mass is 9.92. The topological polar surface area (TPSA) is 86.7 Å². The fourth-order valence-electron chi connectivity index (χ4n) is 2.85. The summed E-state index contributed by atoms with van der Waals surface area (Å²) in [6, 6.07) is 7.51. The first-order valence-corrected chi connectivity index (χ1v) is 6.88. The zero-order valence-corrected chi connectivity index (χ0v) is 11.5. The van der Waals surface area contributed by atoms with Gasteiger partial charge in [-0.1, -0.05) is 12.1 Å². The number of carboxylic acid groups (broad SMARTS) is 1. The SMILES string of the molecule is O=C(O)CC1(c2ccc(N3CC(=O)NC(=O)C3)cc2)CC1. The third-order valence-corrected chi connectivity index (χ3v) is 4.14. The molecule has 21 heavy (non-hydrogen) atoms. The molecule has 2 fully saturated rings. The van der Waals surface area contributed by atoms with Gasteiger partial charge in [-0.05, 0) is 30.5 Å². The van der Waals surface area contributed by atoms with Gasteiger partial charge in [-0.25, -0.2) is 0 Å². The predicted molar refractivity (Wildman–Crippen MR) is 75.0 cm³/mol. The van der Waals surface area contributed by atoms with E-state index in [4.69, 9.17) is 5.11 Å². The molecule has 0 aromatic heterocycles. The van der Waals surface area contributed by atoms with E-state index < -0.39 is 5.97 Å². The van der Waals surface area contributed by atoms with E-state index >= 15 is 0 Å². The Morgan fingerprint density at radius 1 is 1.14 bits per heavy atom. The lowest BCUT2D eigenvalue weighted by molar-refractivity contribution is -0.137. The normalized spacial score (nSPS) is 20.1. The van der Waals surface area contributed by atoms with Gasteiger partial charge in [-0.15, -0.1) is 0 Å². The number of aliphatic carboxylic acids is 1. The number of nitrogens with one attached hydrogen (secondary N) is 1. The third kappa shape index (κ3) is 2.74. The van der Waals surface area contributed by atoms with Gasteiger partial charge in [0.15, 0.2) is 0 Å². The highest BCUT2D eigenvalue weighted by atomic mass is 16.4. The molecule has 2 aliphatic rings. The van der Waals surface area contributed by atoms with E-state index in [1.165, 1.54) is 0 Å². The zero-order chi connectivity index (χ0) is 15.0. The molecule has 6 heteroatoms. The molecule has 0 bridgehead atoms. The maximum Gasteiger partial charge on any atom is 0.304 e. The number of nitrogens with zero attached hydrogens (tertiary/aromatic N) is 1. The van der Waals surface area contributed by atoms with Gasteiger partial charge in [-0.3, -0.25) is 19.7 Å². The number of anilines is 1.